The first-order chi connectivity index (χ1) is 8.30. The van der Waals surface area contributed by atoms with Crippen molar-refractivity contribution in [2.45, 2.75) is 5.37 Å². The van der Waals surface area contributed by atoms with Crippen molar-refractivity contribution in [3.63, 3.8) is 0 Å². The van der Waals surface area contributed by atoms with Crippen LogP contribution < -0.4 is 19.5 Å². The summed E-state index contributed by atoms with van der Waals surface area (Å²) in [5.74, 6) is 3.18. The van der Waals surface area contributed by atoms with Crippen LogP contribution in [-0.2, 0) is 0 Å². The Morgan fingerprint density at radius 1 is 1.12 bits per heavy atom. The van der Waals surface area contributed by atoms with E-state index in [0.29, 0.717) is 22.6 Å². The summed E-state index contributed by atoms with van der Waals surface area (Å²) >= 11 is 1.88. The molecule has 1 heterocycles. The predicted molar refractivity (Wildman–Crippen MR) is 69.3 cm³/mol. The molecule has 1 aromatic rings. The highest BCUT2D eigenvalue weighted by atomic mass is 32.2. The van der Waals surface area contributed by atoms with E-state index in [1.807, 2.05) is 23.9 Å². The normalized spacial score (nSPS) is 19.1. The van der Waals surface area contributed by atoms with E-state index in [0.717, 1.165) is 17.9 Å². The van der Waals surface area contributed by atoms with E-state index >= 15 is 0 Å². The summed E-state index contributed by atoms with van der Waals surface area (Å²) in [5.41, 5.74) is 1.15. The van der Waals surface area contributed by atoms with Gasteiger partial charge in [0.1, 0.15) is 0 Å². The van der Waals surface area contributed by atoms with Gasteiger partial charge in [-0.05, 0) is 17.7 Å². The van der Waals surface area contributed by atoms with Gasteiger partial charge in [0, 0.05) is 12.3 Å². The molecule has 0 aliphatic carbocycles. The number of methoxy groups -OCH3 is 3. The van der Waals surface area contributed by atoms with Crippen molar-refractivity contribution in [2.24, 2.45) is 0 Å². The molecule has 4 nitrogen and oxygen atoms in total. The Kier molecular flexibility index (Phi) is 4.02. The minimum absolute atomic E-state index is 0.309. The third kappa shape index (κ3) is 2.45. The predicted octanol–water partition coefficient (Wildman–Crippen LogP) is 2.05. The lowest BCUT2D eigenvalue weighted by molar-refractivity contribution is 0.323. The van der Waals surface area contributed by atoms with Crippen molar-refractivity contribution < 1.29 is 14.2 Å². The van der Waals surface area contributed by atoms with Crippen LogP contribution >= 0.6 is 11.8 Å². The van der Waals surface area contributed by atoms with Gasteiger partial charge in [-0.1, -0.05) is 0 Å². The number of rotatable bonds is 4. The lowest BCUT2D eigenvalue weighted by Gasteiger charge is -2.16. The monoisotopic (exact) mass is 255 g/mol. The Balaban J connectivity index is 2.40. The van der Waals surface area contributed by atoms with E-state index in [1.165, 1.54) is 0 Å². The van der Waals surface area contributed by atoms with Gasteiger partial charge in [-0.25, -0.2) is 0 Å². The fourth-order valence-electron chi connectivity index (χ4n) is 1.89. The van der Waals surface area contributed by atoms with Crippen LogP contribution in [0, 0.1) is 0 Å². The zero-order valence-electron chi connectivity index (χ0n) is 10.3. The fraction of sp³-hybridized carbons (Fsp3) is 0.500. The Hall–Kier alpha value is -1.07. The van der Waals surface area contributed by atoms with E-state index in [-0.39, 0.29) is 0 Å². The molecule has 2 rings (SSSR count). The first kappa shape index (κ1) is 12.4. The molecule has 1 aliphatic heterocycles. The second-order valence-corrected chi connectivity index (χ2v) is 4.88. The second kappa shape index (κ2) is 5.51. The van der Waals surface area contributed by atoms with Crippen LogP contribution in [0.4, 0.5) is 0 Å². The molecular formula is C12H17NO3S. The van der Waals surface area contributed by atoms with Crippen molar-refractivity contribution in [3.05, 3.63) is 17.7 Å². The van der Waals surface area contributed by atoms with Gasteiger partial charge in [-0.2, -0.15) is 0 Å². The van der Waals surface area contributed by atoms with Crippen LogP contribution in [-0.4, -0.2) is 33.6 Å². The molecule has 1 N–H and O–H groups in total. The lowest BCUT2D eigenvalue weighted by atomic mass is 10.1. The van der Waals surface area contributed by atoms with E-state index < -0.39 is 0 Å². The lowest BCUT2D eigenvalue weighted by Crippen LogP contribution is -2.12. The van der Waals surface area contributed by atoms with Gasteiger partial charge in [0.15, 0.2) is 11.5 Å². The Morgan fingerprint density at radius 2 is 1.76 bits per heavy atom. The summed E-state index contributed by atoms with van der Waals surface area (Å²) in [7, 11) is 4.88. The van der Waals surface area contributed by atoms with E-state index in [2.05, 4.69) is 5.32 Å². The molecule has 17 heavy (non-hydrogen) atoms. The van der Waals surface area contributed by atoms with Gasteiger partial charge < -0.3 is 19.5 Å². The van der Waals surface area contributed by atoms with Crippen LogP contribution in [0.3, 0.4) is 0 Å². The van der Waals surface area contributed by atoms with Gasteiger partial charge in [0.25, 0.3) is 0 Å². The molecule has 1 atom stereocenters. The third-order valence-corrected chi connectivity index (χ3v) is 3.92. The first-order valence-corrected chi connectivity index (χ1v) is 6.50. The number of benzene rings is 1. The molecule has 0 spiro atoms. The first-order valence-electron chi connectivity index (χ1n) is 5.45. The maximum atomic E-state index is 5.34. The van der Waals surface area contributed by atoms with Crippen molar-refractivity contribution in [1.82, 2.24) is 5.32 Å². The maximum Gasteiger partial charge on any atom is 0.203 e. The van der Waals surface area contributed by atoms with E-state index in [9.17, 15) is 0 Å². The molecule has 5 heteroatoms. The molecule has 0 radical (unpaired) electrons. The molecule has 0 aromatic heterocycles. The fourth-order valence-corrected chi connectivity index (χ4v) is 2.93. The molecular weight excluding hydrogens is 238 g/mol. The zero-order valence-corrected chi connectivity index (χ0v) is 11.1. The Bertz CT molecular complexity index is 366. The van der Waals surface area contributed by atoms with Crippen LogP contribution in [0.25, 0.3) is 0 Å². The number of thioether (sulfide) groups is 1. The zero-order chi connectivity index (χ0) is 12.3. The van der Waals surface area contributed by atoms with E-state index in [4.69, 9.17) is 14.2 Å². The number of hydrogen-bond acceptors (Lipinski definition) is 5. The van der Waals surface area contributed by atoms with Gasteiger partial charge >= 0.3 is 0 Å². The molecule has 0 unspecified atom stereocenters. The van der Waals surface area contributed by atoms with Crippen molar-refractivity contribution in [2.75, 3.05) is 33.6 Å². The number of ether oxygens (including phenoxy) is 3. The van der Waals surface area contributed by atoms with Gasteiger partial charge in [0.2, 0.25) is 5.75 Å². The van der Waals surface area contributed by atoms with E-state index in [1.54, 1.807) is 21.3 Å². The number of hydrogen-bond donors (Lipinski definition) is 1. The minimum Gasteiger partial charge on any atom is -0.493 e. The van der Waals surface area contributed by atoms with Crippen molar-refractivity contribution in [3.8, 4) is 17.2 Å². The topological polar surface area (TPSA) is 39.7 Å². The van der Waals surface area contributed by atoms with Gasteiger partial charge in [0.05, 0.1) is 26.7 Å². The molecule has 1 aromatic carbocycles. The second-order valence-electron chi connectivity index (χ2n) is 3.66. The molecule has 0 bridgehead atoms. The summed E-state index contributed by atoms with van der Waals surface area (Å²) in [4.78, 5) is 0. The van der Waals surface area contributed by atoms with Crippen LogP contribution in [0.1, 0.15) is 10.9 Å². The summed E-state index contributed by atoms with van der Waals surface area (Å²) in [6, 6.07) is 3.99. The van der Waals surface area contributed by atoms with Crippen molar-refractivity contribution in [1.29, 1.82) is 0 Å². The molecule has 0 saturated carbocycles. The highest BCUT2D eigenvalue weighted by Gasteiger charge is 2.21. The Labute approximate surface area is 106 Å². The largest absolute Gasteiger partial charge is 0.493 e. The van der Waals surface area contributed by atoms with Gasteiger partial charge in [-0.15, -0.1) is 11.8 Å². The average Bonchev–Trinajstić information content (AvgIpc) is 2.90. The summed E-state index contributed by atoms with van der Waals surface area (Å²) in [5, 5.41) is 3.73. The Morgan fingerprint density at radius 3 is 2.18 bits per heavy atom. The van der Waals surface area contributed by atoms with Crippen LogP contribution in [0.2, 0.25) is 0 Å². The SMILES string of the molecule is COc1cc([C@H]2NCCS2)cc(OC)c1OC. The molecule has 94 valence electrons. The molecule has 1 fully saturated rings. The van der Waals surface area contributed by atoms with Crippen molar-refractivity contribution >= 4 is 11.8 Å². The quantitative estimate of drug-likeness (QED) is 0.891. The van der Waals surface area contributed by atoms with Crippen LogP contribution in [0.5, 0.6) is 17.2 Å². The number of nitrogens with one attached hydrogen (secondary N) is 1. The minimum atomic E-state index is 0.309. The maximum absolute atomic E-state index is 5.34. The highest BCUT2D eigenvalue weighted by Crippen LogP contribution is 2.42. The molecule has 1 saturated heterocycles. The summed E-state index contributed by atoms with van der Waals surface area (Å²) in [6.45, 7) is 1.03. The third-order valence-electron chi connectivity index (χ3n) is 2.71. The standard InChI is InChI=1S/C12H17NO3S/c1-14-9-6-8(12-13-4-5-17-12)7-10(15-2)11(9)16-3/h6-7,12-13H,4-5H2,1-3H3/t12-/m0/s1. The molecule has 1 aliphatic rings. The average molecular weight is 255 g/mol. The van der Waals surface area contributed by atoms with Gasteiger partial charge in [-0.3, -0.25) is 0 Å². The summed E-state index contributed by atoms with van der Waals surface area (Å²) < 4.78 is 16.0. The smallest absolute Gasteiger partial charge is 0.203 e. The molecule has 0 amide bonds. The highest BCUT2D eigenvalue weighted by molar-refractivity contribution is 7.99. The van der Waals surface area contributed by atoms with Crippen LogP contribution in [0.15, 0.2) is 12.1 Å². The summed E-state index contributed by atoms with van der Waals surface area (Å²) in [6.07, 6.45) is 0.